The van der Waals surface area contributed by atoms with Crippen LogP contribution in [0.4, 0.5) is 0 Å². The number of carboxylic acid groups (broad SMARTS) is 1. The summed E-state index contributed by atoms with van der Waals surface area (Å²) in [5.74, 6) is -0.714. The molecule has 0 radical (unpaired) electrons. The van der Waals surface area contributed by atoms with Crippen LogP contribution in [0.25, 0.3) is 0 Å². The zero-order valence-electron chi connectivity index (χ0n) is 12.5. The van der Waals surface area contributed by atoms with Crippen LogP contribution in [0.5, 0.6) is 0 Å². The minimum atomic E-state index is -0.690. The van der Waals surface area contributed by atoms with Crippen molar-refractivity contribution in [3.05, 3.63) is 0 Å². The second-order valence-electron chi connectivity index (χ2n) is 5.78. The van der Waals surface area contributed by atoms with Gasteiger partial charge < -0.3 is 19.5 Å². The molecule has 0 bridgehead atoms. The Morgan fingerprint density at radius 3 is 2.43 bits per heavy atom. The fourth-order valence-corrected chi connectivity index (χ4v) is 2.92. The number of morpholine rings is 1. The first-order chi connectivity index (χ1) is 10.2. The van der Waals surface area contributed by atoms with E-state index in [-0.39, 0.29) is 17.9 Å². The van der Waals surface area contributed by atoms with Crippen molar-refractivity contribution in [1.29, 1.82) is 0 Å². The summed E-state index contributed by atoms with van der Waals surface area (Å²) < 4.78 is 11.0. The Balaban J connectivity index is 1.54. The number of carbonyl (C=O) groups excluding carboxylic acids is 1. The lowest BCUT2D eigenvalue weighted by molar-refractivity contribution is -0.144. The molecule has 6 heteroatoms. The maximum atomic E-state index is 11.9. The number of hydrogen-bond donors (Lipinski definition) is 1. The van der Waals surface area contributed by atoms with Gasteiger partial charge in [-0.2, -0.15) is 0 Å². The van der Waals surface area contributed by atoms with E-state index in [2.05, 4.69) is 0 Å². The van der Waals surface area contributed by atoms with Crippen molar-refractivity contribution in [3.63, 3.8) is 0 Å². The highest BCUT2D eigenvalue weighted by atomic mass is 16.5. The minimum absolute atomic E-state index is 0.166. The summed E-state index contributed by atoms with van der Waals surface area (Å²) in [6.45, 7) is 3.24. The van der Waals surface area contributed by atoms with E-state index in [0.29, 0.717) is 52.2 Å². The molecule has 0 unspecified atom stereocenters. The maximum absolute atomic E-state index is 11.9. The fourth-order valence-electron chi connectivity index (χ4n) is 2.92. The van der Waals surface area contributed by atoms with Crippen LogP contribution < -0.4 is 0 Å². The number of carbonyl (C=O) groups is 2. The lowest BCUT2D eigenvalue weighted by Gasteiger charge is -2.27. The molecule has 1 aliphatic carbocycles. The van der Waals surface area contributed by atoms with Crippen molar-refractivity contribution in [3.8, 4) is 0 Å². The smallest absolute Gasteiger partial charge is 0.306 e. The molecular weight excluding hydrogens is 274 g/mol. The molecule has 1 N–H and O–H groups in total. The quantitative estimate of drug-likeness (QED) is 0.748. The van der Waals surface area contributed by atoms with E-state index >= 15 is 0 Å². The standard InChI is InChI=1S/C15H25NO5/c17-14(16-7-10-20-11-8-16)2-1-9-21-13-5-3-12(4-6-13)15(18)19/h12-13H,1-11H2,(H,18,19). The summed E-state index contributed by atoms with van der Waals surface area (Å²) in [4.78, 5) is 24.6. The molecule has 1 aliphatic heterocycles. The van der Waals surface area contributed by atoms with Gasteiger partial charge in [-0.05, 0) is 32.1 Å². The fraction of sp³-hybridized carbons (Fsp3) is 0.867. The average molecular weight is 299 g/mol. The van der Waals surface area contributed by atoms with Gasteiger partial charge in [0, 0.05) is 26.1 Å². The highest BCUT2D eigenvalue weighted by Gasteiger charge is 2.26. The Kier molecular flexibility index (Phi) is 6.45. The third-order valence-electron chi connectivity index (χ3n) is 4.28. The zero-order valence-corrected chi connectivity index (χ0v) is 12.5. The van der Waals surface area contributed by atoms with E-state index in [1.165, 1.54) is 0 Å². The van der Waals surface area contributed by atoms with Crippen LogP contribution in [0.3, 0.4) is 0 Å². The molecule has 0 atom stereocenters. The topological polar surface area (TPSA) is 76.1 Å². The monoisotopic (exact) mass is 299 g/mol. The molecule has 6 nitrogen and oxygen atoms in total. The zero-order chi connectivity index (χ0) is 15.1. The molecule has 0 aromatic heterocycles. The van der Waals surface area contributed by atoms with Gasteiger partial charge in [-0.15, -0.1) is 0 Å². The molecule has 2 fully saturated rings. The van der Waals surface area contributed by atoms with E-state index in [9.17, 15) is 9.59 Å². The molecular formula is C15H25NO5. The normalized spacial score (nSPS) is 26.6. The molecule has 2 rings (SSSR count). The number of ether oxygens (including phenoxy) is 2. The van der Waals surface area contributed by atoms with Crippen LogP contribution in [-0.2, 0) is 19.1 Å². The second-order valence-corrected chi connectivity index (χ2v) is 5.78. The van der Waals surface area contributed by atoms with Crippen LogP contribution in [0, 0.1) is 5.92 Å². The Hall–Kier alpha value is -1.14. The van der Waals surface area contributed by atoms with Gasteiger partial charge in [0.15, 0.2) is 0 Å². The minimum Gasteiger partial charge on any atom is -0.481 e. The Labute approximate surface area is 125 Å². The highest BCUT2D eigenvalue weighted by Crippen LogP contribution is 2.26. The SMILES string of the molecule is O=C(O)C1CCC(OCCCC(=O)N2CCOCC2)CC1. The number of amides is 1. The third kappa shape index (κ3) is 5.28. The average Bonchev–Trinajstić information content (AvgIpc) is 2.52. The summed E-state index contributed by atoms with van der Waals surface area (Å²) in [5.41, 5.74) is 0. The summed E-state index contributed by atoms with van der Waals surface area (Å²) in [7, 11) is 0. The van der Waals surface area contributed by atoms with Crippen LogP contribution in [0.1, 0.15) is 38.5 Å². The van der Waals surface area contributed by atoms with E-state index < -0.39 is 5.97 Å². The van der Waals surface area contributed by atoms with E-state index in [4.69, 9.17) is 14.6 Å². The summed E-state index contributed by atoms with van der Waals surface area (Å²) in [6.07, 6.45) is 4.45. The molecule has 0 aromatic carbocycles. The molecule has 120 valence electrons. The molecule has 0 aromatic rings. The molecule has 1 saturated carbocycles. The highest BCUT2D eigenvalue weighted by molar-refractivity contribution is 5.76. The van der Waals surface area contributed by atoms with Gasteiger partial charge in [0.2, 0.25) is 5.91 Å². The van der Waals surface area contributed by atoms with Crippen molar-refractivity contribution >= 4 is 11.9 Å². The van der Waals surface area contributed by atoms with E-state index in [0.717, 1.165) is 19.3 Å². The number of aliphatic carboxylic acids is 1. The van der Waals surface area contributed by atoms with Gasteiger partial charge in [0.05, 0.1) is 25.2 Å². The molecule has 1 amide bonds. The first-order valence-corrected chi connectivity index (χ1v) is 7.86. The molecule has 1 heterocycles. The lowest BCUT2D eigenvalue weighted by atomic mass is 9.87. The Bertz CT molecular complexity index is 346. The number of rotatable bonds is 6. The van der Waals surface area contributed by atoms with Gasteiger partial charge in [-0.25, -0.2) is 0 Å². The lowest BCUT2D eigenvalue weighted by Crippen LogP contribution is -2.40. The molecule has 0 spiro atoms. The first kappa shape index (κ1) is 16.2. The van der Waals surface area contributed by atoms with Crippen LogP contribution in [-0.4, -0.2) is 60.9 Å². The van der Waals surface area contributed by atoms with Crippen LogP contribution in [0.2, 0.25) is 0 Å². The van der Waals surface area contributed by atoms with Crippen molar-refractivity contribution in [1.82, 2.24) is 4.90 Å². The maximum Gasteiger partial charge on any atom is 0.306 e. The van der Waals surface area contributed by atoms with Crippen LogP contribution >= 0.6 is 0 Å². The number of hydrogen-bond acceptors (Lipinski definition) is 4. The molecule has 2 aliphatic rings. The largest absolute Gasteiger partial charge is 0.481 e. The Morgan fingerprint density at radius 2 is 1.81 bits per heavy atom. The van der Waals surface area contributed by atoms with Gasteiger partial charge in [0.1, 0.15) is 0 Å². The van der Waals surface area contributed by atoms with Gasteiger partial charge >= 0.3 is 5.97 Å². The van der Waals surface area contributed by atoms with E-state index in [1.54, 1.807) is 0 Å². The summed E-state index contributed by atoms with van der Waals surface area (Å²) in [6, 6.07) is 0. The van der Waals surface area contributed by atoms with Gasteiger partial charge in [-0.1, -0.05) is 0 Å². The van der Waals surface area contributed by atoms with Crippen molar-refractivity contribution in [2.24, 2.45) is 5.92 Å². The van der Waals surface area contributed by atoms with Crippen LogP contribution in [0.15, 0.2) is 0 Å². The van der Waals surface area contributed by atoms with Gasteiger partial charge in [0.25, 0.3) is 0 Å². The third-order valence-corrected chi connectivity index (χ3v) is 4.28. The summed E-state index contributed by atoms with van der Waals surface area (Å²) >= 11 is 0. The van der Waals surface area contributed by atoms with Crippen molar-refractivity contribution in [2.75, 3.05) is 32.9 Å². The molecule has 1 saturated heterocycles. The predicted octanol–water partition coefficient (Wildman–Crippen LogP) is 1.29. The first-order valence-electron chi connectivity index (χ1n) is 7.86. The van der Waals surface area contributed by atoms with Crippen molar-refractivity contribution in [2.45, 2.75) is 44.6 Å². The van der Waals surface area contributed by atoms with Crippen molar-refractivity contribution < 1.29 is 24.2 Å². The molecule has 21 heavy (non-hydrogen) atoms. The number of carboxylic acids is 1. The predicted molar refractivity (Wildman–Crippen MR) is 76.0 cm³/mol. The number of nitrogens with zero attached hydrogens (tertiary/aromatic N) is 1. The second kappa shape index (κ2) is 8.34. The summed E-state index contributed by atoms with van der Waals surface area (Å²) in [5, 5.41) is 8.93. The van der Waals surface area contributed by atoms with Gasteiger partial charge in [-0.3, -0.25) is 9.59 Å². The Morgan fingerprint density at radius 1 is 1.14 bits per heavy atom. The van der Waals surface area contributed by atoms with E-state index in [1.807, 2.05) is 4.90 Å².